The maximum Gasteiger partial charge on any atom is 0.249 e. The van der Waals surface area contributed by atoms with Crippen molar-refractivity contribution in [3.8, 4) is 0 Å². The van der Waals surface area contributed by atoms with Crippen molar-refractivity contribution in [2.45, 2.75) is 80.0 Å². The number of hydrogen-bond acceptors (Lipinski definition) is 12. The first-order valence-corrected chi connectivity index (χ1v) is 10.4. The number of aliphatic hydroxyl groups excluding tert-OH is 6. The third-order valence-corrected chi connectivity index (χ3v) is 5.69. The van der Waals surface area contributed by atoms with E-state index in [1.165, 1.54) is 0 Å². The number of carbonyl (C=O) groups is 1. The second-order valence-electron chi connectivity index (χ2n) is 7.87. The van der Waals surface area contributed by atoms with E-state index < -0.39 is 79.7 Å². The fourth-order valence-corrected chi connectivity index (χ4v) is 3.84. The van der Waals surface area contributed by atoms with Gasteiger partial charge in [-0.05, 0) is 29.4 Å². The number of hydrogen-bond donors (Lipinski definition) is 7. The van der Waals surface area contributed by atoms with Crippen LogP contribution in [0.4, 0.5) is 0 Å². The molecule has 0 aromatic heterocycles. The maximum atomic E-state index is 12.2. The van der Waals surface area contributed by atoms with Crippen molar-refractivity contribution < 1.29 is 44.9 Å². The summed E-state index contributed by atoms with van der Waals surface area (Å²) < 4.78 is 11.0. The molecule has 0 radical (unpaired) electrons. The van der Waals surface area contributed by atoms with Crippen molar-refractivity contribution in [1.82, 2.24) is 5.32 Å². The zero-order chi connectivity index (χ0) is 26.1. The maximum absolute atomic E-state index is 12.2. The van der Waals surface area contributed by atoms with Gasteiger partial charge in [0.2, 0.25) is 5.91 Å². The van der Waals surface area contributed by atoms with Crippen LogP contribution in [0.15, 0.2) is 15.3 Å². The summed E-state index contributed by atoms with van der Waals surface area (Å²) in [7, 11) is 0. The molecule has 0 aromatic rings. The molecule has 2 rings (SSSR count). The van der Waals surface area contributed by atoms with Gasteiger partial charge in [-0.2, -0.15) is 0 Å². The largest absolute Gasteiger partial charge is 0.394 e. The van der Waals surface area contributed by atoms with Gasteiger partial charge in [-0.15, -0.1) is 0 Å². The average molecular weight is 502 g/mol. The van der Waals surface area contributed by atoms with E-state index in [2.05, 4.69) is 35.4 Å². The van der Waals surface area contributed by atoms with E-state index in [1.54, 1.807) is 0 Å². The Labute approximate surface area is 196 Å². The first kappa shape index (κ1) is 28.3. The van der Waals surface area contributed by atoms with Crippen molar-refractivity contribution in [1.29, 1.82) is 0 Å². The number of nitrogens with one attached hydrogen (secondary N) is 1. The van der Waals surface area contributed by atoms with Crippen LogP contribution in [0.2, 0.25) is 0 Å². The Bertz CT molecular complexity index is 878. The smallest absolute Gasteiger partial charge is 0.249 e. The monoisotopic (exact) mass is 502 g/mol. The van der Waals surface area contributed by atoms with Crippen LogP contribution in [0.1, 0.15) is 12.8 Å². The van der Waals surface area contributed by atoms with Gasteiger partial charge in [0.15, 0.2) is 6.29 Å². The van der Waals surface area contributed by atoms with Crippen LogP contribution in [-0.2, 0) is 14.3 Å². The summed E-state index contributed by atoms with van der Waals surface area (Å²) in [5.74, 6) is -0.935. The van der Waals surface area contributed by atoms with E-state index in [0.717, 1.165) is 0 Å². The van der Waals surface area contributed by atoms with E-state index in [0.29, 0.717) is 0 Å². The molecule has 194 valence electrons. The lowest BCUT2D eigenvalue weighted by Crippen LogP contribution is -2.64. The number of carbonyl (C=O) groups excluding carboxylic acids is 1. The molecule has 1 aliphatic heterocycles. The lowest BCUT2D eigenvalue weighted by atomic mass is 9.83. The Morgan fingerprint density at radius 2 is 1.74 bits per heavy atom. The Morgan fingerprint density at radius 1 is 1.06 bits per heavy atom. The number of aliphatic hydroxyl groups is 6. The lowest BCUT2D eigenvalue weighted by Gasteiger charge is -2.46. The molecule has 1 heterocycles. The predicted molar refractivity (Wildman–Crippen MR) is 112 cm³/mol. The first-order chi connectivity index (χ1) is 16.7. The summed E-state index contributed by atoms with van der Waals surface area (Å²) >= 11 is 0. The quantitative estimate of drug-likeness (QED) is 0.0969. The second-order valence-corrected chi connectivity index (χ2v) is 7.87. The molecular formula is C16H26N10O9. The summed E-state index contributed by atoms with van der Waals surface area (Å²) in [5, 5.41) is 73.1. The van der Waals surface area contributed by atoms with Gasteiger partial charge in [0.25, 0.3) is 0 Å². The topological polar surface area (TPSA) is 315 Å². The van der Waals surface area contributed by atoms with Crippen molar-refractivity contribution in [2.75, 3.05) is 13.2 Å². The molecule has 19 heteroatoms. The fourth-order valence-electron chi connectivity index (χ4n) is 3.84. The Kier molecular flexibility index (Phi) is 10.7. The van der Waals surface area contributed by atoms with Gasteiger partial charge in [0.05, 0.1) is 30.9 Å². The molecule has 1 saturated carbocycles. The van der Waals surface area contributed by atoms with Crippen LogP contribution >= 0.6 is 0 Å². The van der Waals surface area contributed by atoms with Gasteiger partial charge in [0.1, 0.15) is 36.6 Å². The molecule has 1 saturated heterocycles. The Morgan fingerprint density at radius 3 is 2.34 bits per heavy atom. The van der Waals surface area contributed by atoms with E-state index in [-0.39, 0.29) is 19.4 Å². The van der Waals surface area contributed by atoms with E-state index in [4.69, 9.17) is 26.1 Å². The van der Waals surface area contributed by atoms with Gasteiger partial charge in [-0.3, -0.25) is 4.79 Å². The van der Waals surface area contributed by atoms with E-state index >= 15 is 0 Å². The molecular weight excluding hydrogens is 476 g/mol. The molecule has 4 unspecified atom stereocenters. The molecule has 0 aromatic carbocycles. The highest BCUT2D eigenvalue weighted by Gasteiger charge is 2.50. The minimum atomic E-state index is -1.81. The number of amides is 1. The van der Waals surface area contributed by atoms with E-state index in [9.17, 15) is 35.4 Å². The molecule has 11 atom stereocenters. The Balaban J connectivity index is 2.20. The highest BCUT2D eigenvalue weighted by molar-refractivity contribution is 5.80. The van der Waals surface area contributed by atoms with Crippen LogP contribution in [0.3, 0.4) is 0 Å². The third-order valence-electron chi connectivity index (χ3n) is 5.69. The third kappa shape index (κ3) is 6.82. The minimum Gasteiger partial charge on any atom is -0.394 e. The summed E-state index contributed by atoms with van der Waals surface area (Å²) in [4.78, 5) is 19.9. The molecule has 2 fully saturated rings. The first-order valence-electron chi connectivity index (χ1n) is 10.4. The highest BCUT2D eigenvalue weighted by Crippen LogP contribution is 2.31. The molecule has 7 N–H and O–H groups in total. The average Bonchev–Trinajstić information content (AvgIpc) is 2.84. The molecule has 1 amide bonds. The summed E-state index contributed by atoms with van der Waals surface area (Å²) in [6.07, 6.45) is -13.4. The van der Waals surface area contributed by atoms with E-state index in [1.807, 2.05) is 0 Å². The summed E-state index contributed by atoms with van der Waals surface area (Å²) in [6, 6.07) is -3.95. The van der Waals surface area contributed by atoms with Gasteiger partial charge in [-0.25, -0.2) is 0 Å². The van der Waals surface area contributed by atoms with Gasteiger partial charge in [-0.1, -0.05) is 15.3 Å². The zero-order valence-corrected chi connectivity index (χ0v) is 18.1. The molecule has 1 aliphatic carbocycles. The molecule has 19 nitrogen and oxygen atoms in total. The van der Waals surface area contributed by atoms with Crippen molar-refractivity contribution in [3.05, 3.63) is 31.3 Å². The van der Waals surface area contributed by atoms with Crippen molar-refractivity contribution >= 4 is 5.91 Å². The lowest BCUT2D eigenvalue weighted by molar-refractivity contribution is -0.294. The van der Waals surface area contributed by atoms with Crippen LogP contribution in [0, 0.1) is 0 Å². The Hall–Kier alpha value is -2.92. The summed E-state index contributed by atoms with van der Waals surface area (Å²) in [6.45, 7) is -0.909. The van der Waals surface area contributed by atoms with Crippen LogP contribution in [-0.4, -0.2) is 117 Å². The van der Waals surface area contributed by atoms with Gasteiger partial charge < -0.3 is 45.4 Å². The molecule has 35 heavy (non-hydrogen) atoms. The number of rotatable bonds is 10. The van der Waals surface area contributed by atoms with Gasteiger partial charge >= 0.3 is 0 Å². The zero-order valence-electron chi connectivity index (χ0n) is 18.1. The number of nitrogens with zero attached hydrogens (tertiary/aromatic N) is 9. The number of ether oxygens (including phenoxy) is 2. The normalized spacial score (nSPS) is 37.7. The highest BCUT2D eigenvalue weighted by atomic mass is 16.7. The van der Waals surface area contributed by atoms with Gasteiger partial charge in [0, 0.05) is 21.3 Å². The number of azide groups is 3. The standard InChI is InChI=1S/C16H26N10O9/c17-24-20-2-1-7(28)15(33)21-5-3-6(22-25-18)14(13(32)10(5)29)35-16-9(23-26-19)12(31)11(30)8(4-27)34-16/h5-14,16,27-32H,1-4H2,(H,21,33)/t5-,6?,7+,8?,9?,10?,11-,12-,13-,14-,16-/m1/s1. The fraction of sp³-hybridized carbons (Fsp3) is 0.938. The second kappa shape index (κ2) is 13.2. The molecule has 2 aliphatic rings. The van der Waals surface area contributed by atoms with Crippen molar-refractivity contribution in [2.24, 2.45) is 15.3 Å². The van der Waals surface area contributed by atoms with Crippen LogP contribution in [0.5, 0.6) is 0 Å². The SMILES string of the molecule is [N-]=[N+]=NCC[C@H](O)C(=O)N[C@@H]1CC(N=[N+]=[N-])[C@@H](O[C@H]2OC(CO)[C@@H](O)[C@H](O)C2N=[N+]=[N-])[C@H](O)C1O. The molecule has 0 bridgehead atoms. The summed E-state index contributed by atoms with van der Waals surface area (Å²) in [5.41, 5.74) is 26.0. The van der Waals surface area contributed by atoms with Crippen LogP contribution < -0.4 is 5.32 Å². The van der Waals surface area contributed by atoms with Crippen molar-refractivity contribution in [3.63, 3.8) is 0 Å². The minimum absolute atomic E-state index is 0.165. The predicted octanol–water partition coefficient (Wildman–Crippen LogP) is -2.16. The molecule has 0 spiro atoms. The van der Waals surface area contributed by atoms with Crippen LogP contribution in [0.25, 0.3) is 31.3 Å².